The molecule has 0 aliphatic carbocycles. The SMILES string of the molecule is C/C=C(/C)c1ccc(-n2cc(CC(C)(C)OCCC(C)(C)C(C)=O)nn2)cc1. The second-order valence-electron chi connectivity index (χ2n) is 8.65. The van der Waals surface area contributed by atoms with Crippen LogP contribution in [-0.2, 0) is 16.0 Å². The van der Waals surface area contributed by atoms with Gasteiger partial charge in [-0.25, -0.2) is 4.68 Å². The van der Waals surface area contributed by atoms with Gasteiger partial charge in [-0.1, -0.05) is 37.3 Å². The normalized spacial score (nSPS) is 13.0. The third-order valence-corrected chi connectivity index (χ3v) is 5.34. The van der Waals surface area contributed by atoms with E-state index in [2.05, 4.69) is 35.4 Å². The molecule has 0 spiro atoms. The Hall–Kier alpha value is -2.27. The first-order valence-corrected chi connectivity index (χ1v) is 9.84. The Morgan fingerprint density at radius 2 is 1.79 bits per heavy atom. The van der Waals surface area contributed by atoms with Crippen molar-refractivity contribution < 1.29 is 9.53 Å². The van der Waals surface area contributed by atoms with Crippen LogP contribution in [0.5, 0.6) is 0 Å². The largest absolute Gasteiger partial charge is 0.375 e. The highest BCUT2D eigenvalue weighted by atomic mass is 16.5. The van der Waals surface area contributed by atoms with Crippen molar-refractivity contribution in [2.75, 3.05) is 6.61 Å². The van der Waals surface area contributed by atoms with Crippen molar-refractivity contribution in [2.24, 2.45) is 5.41 Å². The molecule has 0 radical (unpaired) electrons. The molecule has 0 bridgehead atoms. The van der Waals surface area contributed by atoms with Gasteiger partial charge < -0.3 is 4.74 Å². The van der Waals surface area contributed by atoms with Crippen LogP contribution in [0.3, 0.4) is 0 Å². The topological polar surface area (TPSA) is 57.0 Å². The number of nitrogens with zero attached hydrogens (tertiary/aromatic N) is 3. The summed E-state index contributed by atoms with van der Waals surface area (Å²) in [5.74, 6) is 0.187. The van der Waals surface area contributed by atoms with Crippen LogP contribution in [0, 0.1) is 5.41 Å². The molecule has 5 nitrogen and oxygen atoms in total. The number of benzene rings is 1. The Labute approximate surface area is 168 Å². The zero-order chi connectivity index (χ0) is 20.9. The lowest BCUT2D eigenvalue weighted by molar-refractivity contribution is -0.126. The van der Waals surface area contributed by atoms with Gasteiger partial charge in [-0.3, -0.25) is 4.79 Å². The number of aromatic nitrogens is 3. The molecule has 0 amide bonds. The zero-order valence-electron chi connectivity index (χ0n) is 18.2. The third kappa shape index (κ3) is 5.86. The number of hydrogen-bond acceptors (Lipinski definition) is 4. The predicted octanol–water partition coefficient (Wildman–Crippen LogP) is 5.03. The first kappa shape index (κ1) is 22.0. The number of carbonyl (C=O) groups excluding carboxylic acids is 1. The van der Waals surface area contributed by atoms with Gasteiger partial charge in [0.2, 0.25) is 0 Å². The van der Waals surface area contributed by atoms with Gasteiger partial charge in [0.1, 0.15) is 5.78 Å². The number of rotatable bonds is 9. The Morgan fingerprint density at radius 1 is 1.14 bits per heavy atom. The fraction of sp³-hybridized carbons (Fsp3) is 0.522. The maximum Gasteiger partial charge on any atom is 0.135 e. The number of ketones is 1. The van der Waals surface area contributed by atoms with Crippen LogP contribution in [0.15, 0.2) is 36.5 Å². The Kier molecular flexibility index (Phi) is 6.94. The summed E-state index contributed by atoms with van der Waals surface area (Å²) >= 11 is 0. The summed E-state index contributed by atoms with van der Waals surface area (Å²) in [7, 11) is 0. The summed E-state index contributed by atoms with van der Waals surface area (Å²) in [6, 6.07) is 8.28. The van der Waals surface area contributed by atoms with E-state index in [4.69, 9.17) is 4.74 Å². The lowest BCUT2D eigenvalue weighted by Crippen LogP contribution is -2.31. The fourth-order valence-electron chi connectivity index (χ4n) is 2.80. The molecule has 152 valence electrons. The van der Waals surface area contributed by atoms with Crippen molar-refractivity contribution in [1.82, 2.24) is 15.0 Å². The van der Waals surface area contributed by atoms with E-state index in [1.165, 1.54) is 11.1 Å². The molecule has 28 heavy (non-hydrogen) atoms. The smallest absolute Gasteiger partial charge is 0.135 e. The molecule has 0 N–H and O–H groups in total. The van der Waals surface area contributed by atoms with E-state index in [0.29, 0.717) is 19.4 Å². The maximum atomic E-state index is 11.6. The summed E-state index contributed by atoms with van der Waals surface area (Å²) in [5.41, 5.74) is 3.59. The first-order chi connectivity index (χ1) is 13.0. The van der Waals surface area contributed by atoms with Crippen LogP contribution in [0.4, 0.5) is 0 Å². The molecule has 0 aliphatic rings. The van der Waals surface area contributed by atoms with Crippen molar-refractivity contribution in [2.45, 2.75) is 66.9 Å². The molecule has 0 atom stereocenters. The second kappa shape index (κ2) is 8.82. The quantitative estimate of drug-likeness (QED) is 0.609. The van der Waals surface area contributed by atoms with Crippen LogP contribution >= 0.6 is 0 Å². The fourth-order valence-corrected chi connectivity index (χ4v) is 2.80. The van der Waals surface area contributed by atoms with E-state index in [1.54, 1.807) is 11.6 Å². The molecule has 2 rings (SSSR count). The van der Waals surface area contributed by atoms with Crippen molar-refractivity contribution >= 4 is 11.4 Å². The van der Waals surface area contributed by atoms with Gasteiger partial charge in [0.05, 0.1) is 23.2 Å². The Morgan fingerprint density at radius 3 is 2.36 bits per heavy atom. The van der Waals surface area contributed by atoms with Crippen LogP contribution in [0.1, 0.15) is 66.1 Å². The third-order valence-electron chi connectivity index (χ3n) is 5.34. The lowest BCUT2D eigenvalue weighted by Gasteiger charge is -2.27. The van der Waals surface area contributed by atoms with Gasteiger partial charge >= 0.3 is 0 Å². The van der Waals surface area contributed by atoms with E-state index in [9.17, 15) is 4.79 Å². The van der Waals surface area contributed by atoms with Gasteiger partial charge in [-0.15, -0.1) is 5.10 Å². The van der Waals surface area contributed by atoms with E-state index in [-0.39, 0.29) is 16.8 Å². The molecular formula is C23H33N3O2. The van der Waals surface area contributed by atoms with Crippen LogP contribution < -0.4 is 0 Å². The predicted molar refractivity (Wildman–Crippen MR) is 113 cm³/mol. The average Bonchev–Trinajstić information content (AvgIpc) is 3.08. The number of hydrogen-bond donors (Lipinski definition) is 0. The van der Waals surface area contributed by atoms with Gasteiger partial charge in [0.25, 0.3) is 0 Å². The maximum absolute atomic E-state index is 11.6. The van der Waals surface area contributed by atoms with E-state index < -0.39 is 0 Å². The minimum Gasteiger partial charge on any atom is -0.375 e. The minimum absolute atomic E-state index is 0.187. The Balaban J connectivity index is 1.98. The van der Waals surface area contributed by atoms with Crippen LogP contribution in [0.25, 0.3) is 11.3 Å². The molecule has 0 fully saturated rings. The molecule has 0 saturated heterocycles. The van der Waals surface area contributed by atoms with Crippen molar-refractivity contribution in [3.8, 4) is 5.69 Å². The van der Waals surface area contributed by atoms with Crippen molar-refractivity contribution in [3.63, 3.8) is 0 Å². The van der Waals surface area contributed by atoms with Crippen LogP contribution in [0.2, 0.25) is 0 Å². The average molecular weight is 384 g/mol. The molecule has 1 aromatic heterocycles. The summed E-state index contributed by atoms with van der Waals surface area (Å²) in [4.78, 5) is 11.6. The summed E-state index contributed by atoms with van der Waals surface area (Å²) in [6.07, 6.45) is 5.41. The second-order valence-corrected chi connectivity index (χ2v) is 8.65. The zero-order valence-corrected chi connectivity index (χ0v) is 18.2. The summed E-state index contributed by atoms with van der Waals surface area (Å²) in [5, 5.41) is 8.56. The highest BCUT2D eigenvalue weighted by Gasteiger charge is 2.26. The lowest BCUT2D eigenvalue weighted by atomic mass is 9.86. The number of allylic oxidation sites excluding steroid dienone is 2. The van der Waals surface area contributed by atoms with Crippen molar-refractivity contribution in [1.29, 1.82) is 0 Å². The van der Waals surface area contributed by atoms with Crippen LogP contribution in [-0.4, -0.2) is 33.0 Å². The molecule has 0 saturated carbocycles. The van der Waals surface area contributed by atoms with Gasteiger partial charge in [-0.2, -0.15) is 0 Å². The molecule has 0 aliphatic heterocycles. The van der Waals surface area contributed by atoms with Gasteiger partial charge in [-0.05, 0) is 64.3 Å². The van der Waals surface area contributed by atoms with Gasteiger partial charge in [0.15, 0.2) is 0 Å². The first-order valence-electron chi connectivity index (χ1n) is 9.84. The standard InChI is InChI=1S/C23H33N3O2/c1-8-17(2)19-9-11-21(12-10-19)26-16-20(24-25-26)15-23(6,7)28-14-13-22(4,5)18(3)27/h8-12,16H,13-15H2,1-7H3/b17-8-. The van der Waals surface area contributed by atoms with E-state index in [0.717, 1.165) is 11.4 Å². The molecule has 1 aromatic carbocycles. The monoisotopic (exact) mass is 383 g/mol. The molecule has 1 heterocycles. The van der Waals surface area contributed by atoms with Gasteiger partial charge in [0, 0.05) is 18.4 Å². The Bertz CT molecular complexity index is 830. The number of ether oxygens (including phenoxy) is 1. The molecule has 5 heteroatoms. The number of carbonyl (C=O) groups is 1. The molecule has 0 unspecified atom stereocenters. The molecular weight excluding hydrogens is 350 g/mol. The van der Waals surface area contributed by atoms with E-state index in [1.807, 2.05) is 52.9 Å². The highest BCUT2D eigenvalue weighted by Crippen LogP contribution is 2.24. The van der Waals surface area contributed by atoms with E-state index >= 15 is 0 Å². The van der Waals surface area contributed by atoms with Crippen molar-refractivity contribution in [3.05, 3.63) is 47.8 Å². The number of Topliss-reactive ketones (excluding diaryl/α,β-unsaturated/α-hetero) is 1. The summed E-state index contributed by atoms with van der Waals surface area (Å²) < 4.78 is 7.84. The highest BCUT2D eigenvalue weighted by molar-refractivity contribution is 5.81. The molecule has 2 aromatic rings. The summed E-state index contributed by atoms with van der Waals surface area (Å²) in [6.45, 7) is 14.3. The minimum atomic E-state index is -0.374.